The predicted molar refractivity (Wildman–Crippen MR) is 83.4 cm³/mol. The monoisotopic (exact) mass is 306 g/mol. The minimum absolute atomic E-state index is 0.208. The summed E-state index contributed by atoms with van der Waals surface area (Å²) in [7, 11) is 0. The van der Waals surface area contributed by atoms with E-state index >= 15 is 0 Å². The fourth-order valence-corrected chi connectivity index (χ4v) is 2.22. The van der Waals surface area contributed by atoms with Gasteiger partial charge >= 0.3 is 12.1 Å². The lowest BCUT2D eigenvalue weighted by atomic mass is 10.2. The van der Waals surface area contributed by atoms with Crippen LogP contribution in [0.25, 0.3) is 0 Å². The van der Waals surface area contributed by atoms with Crippen LogP contribution in [0, 0.1) is 0 Å². The van der Waals surface area contributed by atoms with Crippen molar-refractivity contribution in [1.29, 1.82) is 0 Å². The Hall–Kier alpha value is -2.24. The van der Waals surface area contributed by atoms with E-state index < -0.39 is 17.7 Å². The summed E-state index contributed by atoms with van der Waals surface area (Å²) in [6, 6.07) is 1.74. The molecule has 0 unspecified atom stereocenters. The first kappa shape index (κ1) is 16.1. The normalized spacial score (nSPS) is 14.3. The zero-order chi connectivity index (χ0) is 16.3. The molecule has 2 rings (SSSR count). The van der Waals surface area contributed by atoms with Gasteiger partial charge in [0.2, 0.25) is 0 Å². The maximum absolute atomic E-state index is 12.3. The van der Waals surface area contributed by atoms with Crippen molar-refractivity contribution >= 4 is 17.7 Å². The van der Waals surface area contributed by atoms with Crippen molar-refractivity contribution in [2.45, 2.75) is 33.3 Å². The first-order chi connectivity index (χ1) is 10.3. The molecule has 0 atom stereocenters. The Balaban J connectivity index is 2.36. The molecule has 1 aliphatic rings. The molecule has 0 spiro atoms. The Labute approximate surface area is 130 Å². The van der Waals surface area contributed by atoms with Gasteiger partial charge in [-0.3, -0.25) is 0 Å². The average Bonchev–Trinajstić information content (AvgIpc) is 3.05. The molecular formula is C16H22N2O4. The van der Waals surface area contributed by atoms with Gasteiger partial charge in [-0.15, -0.1) is 0 Å². The summed E-state index contributed by atoms with van der Waals surface area (Å²) < 4.78 is 11.7. The molecule has 0 saturated carbocycles. The summed E-state index contributed by atoms with van der Waals surface area (Å²) in [5.74, 6) is -0.528. The molecule has 0 aliphatic carbocycles. The maximum atomic E-state index is 12.3. The van der Waals surface area contributed by atoms with Gasteiger partial charge in [0.15, 0.2) is 5.69 Å². The van der Waals surface area contributed by atoms with Gasteiger partial charge in [-0.1, -0.05) is 12.2 Å². The number of rotatable bonds is 3. The van der Waals surface area contributed by atoms with E-state index in [-0.39, 0.29) is 12.3 Å². The van der Waals surface area contributed by atoms with E-state index in [1.165, 1.54) is 4.57 Å². The van der Waals surface area contributed by atoms with Gasteiger partial charge in [0.05, 0.1) is 12.3 Å². The smallest absolute Gasteiger partial charge is 0.419 e. The van der Waals surface area contributed by atoms with E-state index in [0.29, 0.717) is 18.8 Å². The fourth-order valence-electron chi connectivity index (χ4n) is 2.22. The molecule has 1 aromatic rings. The van der Waals surface area contributed by atoms with Gasteiger partial charge in [-0.25, -0.2) is 14.2 Å². The van der Waals surface area contributed by atoms with Crippen molar-refractivity contribution in [2.24, 2.45) is 0 Å². The number of nitrogens with zero attached hydrogens (tertiary/aromatic N) is 2. The van der Waals surface area contributed by atoms with Crippen molar-refractivity contribution in [3.8, 4) is 0 Å². The van der Waals surface area contributed by atoms with Crippen molar-refractivity contribution in [3.05, 3.63) is 30.1 Å². The van der Waals surface area contributed by atoms with Gasteiger partial charge < -0.3 is 14.4 Å². The van der Waals surface area contributed by atoms with Crippen LogP contribution < -0.4 is 4.90 Å². The third kappa shape index (κ3) is 3.50. The molecule has 0 amide bonds. The van der Waals surface area contributed by atoms with E-state index in [4.69, 9.17) is 9.47 Å². The highest BCUT2D eigenvalue weighted by Gasteiger charge is 2.28. The van der Waals surface area contributed by atoms with Crippen molar-refractivity contribution < 1.29 is 19.1 Å². The second kappa shape index (κ2) is 6.25. The number of carbonyl (C=O) groups is 2. The highest BCUT2D eigenvalue weighted by molar-refractivity contribution is 5.98. The zero-order valence-electron chi connectivity index (χ0n) is 13.5. The first-order valence-corrected chi connectivity index (χ1v) is 7.35. The number of esters is 1. The maximum Gasteiger partial charge on any atom is 0.419 e. The van der Waals surface area contributed by atoms with Crippen LogP contribution in [0.2, 0.25) is 0 Å². The quantitative estimate of drug-likeness (QED) is 0.635. The number of carbonyl (C=O) groups excluding carboxylic acids is 2. The second-order valence-corrected chi connectivity index (χ2v) is 6.00. The molecular weight excluding hydrogens is 284 g/mol. The minimum atomic E-state index is -0.636. The summed E-state index contributed by atoms with van der Waals surface area (Å²) in [6.45, 7) is 8.72. The first-order valence-electron chi connectivity index (χ1n) is 7.35. The van der Waals surface area contributed by atoms with Crippen LogP contribution >= 0.6 is 0 Å². The number of anilines is 1. The highest BCUT2D eigenvalue weighted by Crippen LogP contribution is 2.26. The standard InChI is InChI=1S/C16H22N2O4/c1-5-21-14(19)13-12(17-9-6-7-10-17)8-11-18(13)15(20)22-16(2,3)4/h6-8,11H,5,9-10H2,1-4H3. The molecule has 0 bridgehead atoms. The number of aromatic nitrogens is 1. The van der Waals surface area contributed by atoms with Gasteiger partial charge in [-0.2, -0.15) is 0 Å². The van der Waals surface area contributed by atoms with E-state index in [9.17, 15) is 9.59 Å². The SMILES string of the molecule is CCOC(=O)c1c(N2CC=CC2)ccn1C(=O)OC(C)(C)C. The van der Waals surface area contributed by atoms with E-state index in [1.54, 1.807) is 40.0 Å². The lowest BCUT2D eigenvalue weighted by Gasteiger charge is -2.21. The lowest BCUT2D eigenvalue weighted by Crippen LogP contribution is -2.30. The van der Waals surface area contributed by atoms with E-state index in [1.807, 2.05) is 17.1 Å². The summed E-state index contributed by atoms with van der Waals surface area (Å²) in [4.78, 5) is 26.6. The lowest BCUT2D eigenvalue weighted by molar-refractivity contribution is 0.0450. The molecule has 0 aromatic carbocycles. The summed E-state index contributed by atoms with van der Waals surface area (Å²) in [6.07, 6.45) is 4.99. The molecule has 22 heavy (non-hydrogen) atoms. The molecule has 0 N–H and O–H groups in total. The molecule has 120 valence electrons. The Morgan fingerprint density at radius 1 is 1.23 bits per heavy atom. The predicted octanol–water partition coefficient (Wildman–Crippen LogP) is 2.82. The molecule has 1 aromatic heterocycles. The van der Waals surface area contributed by atoms with Gasteiger partial charge in [-0.05, 0) is 33.8 Å². The van der Waals surface area contributed by atoms with Crippen LogP contribution in [0.1, 0.15) is 38.2 Å². The second-order valence-electron chi connectivity index (χ2n) is 6.00. The fraction of sp³-hybridized carbons (Fsp3) is 0.500. The topological polar surface area (TPSA) is 60.8 Å². The van der Waals surface area contributed by atoms with Crippen LogP contribution in [0.4, 0.5) is 10.5 Å². The van der Waals surface area contributed by atoms with Crippen molar-refractivity contribution in [3.63, 3.8) is 0 Å². The van der Waals surface area contributed by atoms with E-state index in [0.717, 1.165) is 0 Å². The van der Waals surface area contributed by atoms with Crippen LogP contribution in [0.3, 0.4) is 0 Å². The zero-order valence-corrected chi connectivity index (χ0v) is 13.5. The Morgan fingerprint density at radius 3 is 2.41 bits per heavy atom. The van der Waals surface area contributed by atoms with Gasteiger partial charge in [0.1, 0.15) is 5.60 Å². The number of hydrogen-bond acceptors (Lipinski definition) is 5. The van der Waals surface area contributed by atoms with Crippen LogP contribution in [-0.4, -0.2) is 41.9 Å². The summed E-state index contributed by atoms with van der Waals surface area (Å²) in [5, 5.41) is 0. The van der Waals surface area contributed by atoms with Crippen LogP contribution in [-0.2, 0) is 9.47 Å². The highest BCUT2D eigenvalue weighted by atomic mass is 16.6. The summed E-state index contributed by atoms with van der Waals surface area (Å²) >= 11 is 0. The molecule has 6 heteroatoms. The molecule has 0 radical (unpaired) electrons. The molecule has 0 fully saturated rings. The Kier molecular flexibility index (Phi) is 4.59. The van der Waals surface area contributed by atoms with Crippen molar-refractivity contribution in [1.82, 2.24) is 4.57 Å². The molecule has 6 nitrogen and oxygen atoms in total. The van der Waals surface area contributed by atoms with Crippen molar-refractivity contribution in [2.75, 3.05) is 24.6 Å². The number of ether oxygens (including phenoxy) is 2. The van der Waals surface area contributed by atoms with Gasteiger partial charge in [0.25, 0.3) is 0 Å². The Bertz CT molecular complexity index is 588. The number of hydrogen-bond donors (Lipinski definition) is 0. The summed E-state index contributed by atoms with van der Waals surface area (Å²) in [5.41, 5.74) is 0.247. The third-order valence-corrected chi connectivity index (χ3v) is 3.08. The molecule has 1 aliphatic heterocycles. The Morgan fingerprint density at radius 2 is 1.86 bits per heavy atom. The van der Waals surface area contributed by atoms with E-state index in [2.05, 4.69) is 0 Å². The minimum Gasteiger partial charge on any atom is -0.461 e. The third-order valence-electron chi connectivity index (χ3n) is 3.08. The molecule has 0 saturated heterocycles. The molecule has 2 heterocycles. The van der Waals surface area contributed by atoms with Crippen LogP contribution in [0.5, 0.6) is 0 Å². The van der Waals surface area contributed by atoms with Crippen LogP contribution in [0.15, 0.2) is 24.4 Å². The average molecular weight is 306 g/mol. The largest absolute Gasteiger partial charge is 0.461 e. The van der Waals surface area contributed by atoms with Gasteiger partial charge in [0, 0.05) is 19.3 Å².